The molecular weight excluding hydrogens is 322 g/mol. The zero-order chi connectivity index (χ0) is 18.4. The number of ether oxygens (including phenoxy) is 2. The van der Waals surface area contributed by atoms with E-state index < -0.39 is 5.97 Å². The van der Waals surface area contributed by atoms with Crippen molar-refractivity contribution in [3.05, 3.63) is 53.1 Å². The Morgan fingerprint density at radius 2 is 1.60 bits per heavy atom. The molecule has 0 aromatic heterocycles. The maximum absolute atomic E-state index is 12.5. The van der Waals surface area contributed by atoms with E-state index in [4.69, 9.17) is 14.6 Å². The third kappa shape index (κ3) is 4.50. The fraction of sp³-hybridized carbons (Fsp3) is 0.263. The molecule has 6 heteroatoms. The van der Waals surface area contributed by atoms with Crippen LogP contribution in [0, 0.1) is 6.92 Å². The van der Waals surface area contributed by atoms with Gasteiger partial charge < -0.3 is 19.9 Å². The fourth-order valence-corrected chi connectivity index (χ4v) is 2.32. The first kappa shape index (κ1) is 18.3. The summed E-state index contributed by atoms with van der Waals surface area (Å²) in [6.07, 6.45) is 0. The van der Waals surface area contributed by atoms with Crippen LogP contribution in [0.5, 0.6) is 11.5 Å². The number of carboxylic acid groups (broad SMARTS) is 1. The highest BCUT2D eigenvalue weighted by Crippen LogP contribution is 2.29. The van der Waals surface area contributed by atoms with E-state index in [9.17, 15) is 9.59 Å². The van der Waals surface area contributed by atoms with Gasteiger partial charge in [0.1, 0.15) is 0 Å². The quantitative estimate of drug-likeness (QED) is 0.800. The van der Waals surface area contributed by atoms with E-state index in [2.05, 4.69) is 5.32 Å². The van der Waals surface area contributed by atoms with E-state index in [0.717, 1.165) is 0 Å². The first-order chi connectivity index (χ1) is 12.0. The summed E-state index contributed by atoms with van der Waals surface area (Å²) in [6.45, 7) is 6.43. The number of amides is 1. The molecule has 0 heterocycles. The van der Waals surface area contributed by atoms with Crippen LogP contribution in [-0.4, -0.2) is 30.2 Å². The second-order valence-corrected chi connectivity index (χ2v) is 5.32. The maximum Gasteiger partial charge on any atom is 0.335 e. The first-order valence-corrected chi connectivity index (χ1v) is 8.01. The highest BCUT2D eigenvalue weighted by atomic mass is 16.5. The summed E-state index contributed by atoms with van der Waals surface area (Å²) in [6, 6.07) is 9.53. The van der Waals surface area contributed by atoms with Crippen LogP contribution in [0.15, 0.2) is 36.4 Å². The van der Waals surface area contributed by atoms with Gasteiger partial charge >= 0.3 is 5.97 Å². The van der Waals surface area contributed by atoms with Crippen molar-refractivity contribution in [2.45, 2.75) is 20.8 Å². The number of anilines is 1. The SMILES string of the molecule is CCOc1ccc(C(=O)Nc2ccc(C(=O)O)cc2C)cc1OCC. The Hall–Kier alpha value is -3.02. The van der Waals surface area contributed by atoms with Gasteiger partial charge in [0.15, 0.2) is 11.5 Å². The number of benzene rings is 2. The third-order valence-corrected chi connectivity index (χ3v) is 3.53. The van der Waals surface area contributed by atoms with Crippen LogP contribution in [0.3, 0.4) is 0 Å². The van der Waals surface area contributed by atoms with Crippen LogP contribution >= 0.6 is 0 Å². The summed E-state index contributed by atoms with van der Waals surface area (Å²) >= 11 is 0. The Morgan fingerprint density at radius 1 is 0.960 bits per heavy atom. The molecule has 25 heavy (non-hydrogen) atoms. The molecule has 2 aromatic rings. The molecule has 0 spiro atoms. The monoisotopic (exact) mass is 343 g/mol. The van der Waals surface area contributed by atoms with Crippen molar-refractivity contribution in [3.8, 4) is 11.5 Å². The zero-order valence-corrected chi connectivity index (χ0v) is 14.5. The Labute approximate surface area is 146 Å². The fourth-order valence-electron chi connectivity index (χ4n) is 2.32. The van der Waals surface area contributed by atoms with Crippen molar-refractivity contribution in [1.29, 1.82) is 0 Å². The largest absolute Gasteiger partial charge is 0.490 e. The van der Waals surface area contributed by atoms with E-state index >= 15 is 0 Å². The molecule has 0 aliphatic heterocycles. The summed E-state index contributed by atoms with van der Waals surface area (Å²) in [5, 5.41) is 11.8. The molecule has 0 aliphatic carbocycles. The van der Waals surface area contributed by atoms with Crippen LogP contribution in [0.4, 0.5) is 5.69 Å². The van der Waals surface area contributed by atoms with Gasteiger partial charge in [-0.05, 0) is 62.7 Å². The summed E-state index contributed by atoms with van der Waals surface area (Å²) in [7, 11) is 0. The smallest absolute Gasteiger partial charge is 0.335 e. The number of carbonyl (C=O) groups excluding carboxylic acids is 1. The average Bonchev–Trinajstić information content (AvgIpc) is 2.58. The van der Waals surface area contributed by atoms with Gasteiger partial charge in [-0.3, -0.25) is 4.79 Å². The predicted molar refractivity (Wildman–Crippen MR) is 94.9 cm³/mol. The number of aryl methyl sites for hydroxylation is 1. The van der Waals surface area contributed by atoms with Gasteiger partial charge in [0, 0.05) is 11.3 Å². The van der Waals surface area contributed by atoms with Crippen LogP contribution in [0.25, 0.3) is 0 Å². The van der Waals surface area contributed by atoms with Gasteiger partial charge in [-0.1, -0.05) is 0 Å². The van der Waals surface area contributed by atoms with Gasteiger partial charge in [0.05, 0.1) is 18.8 Å². The molecular formula is C19H21NO5. The van der Waals surface area contributed by atoms with Crippen LogP contribution in [0.2, 0.25) is 0 Å². The van der Waals surface area contributed by atoms with E-state index in [1.165, 1.54) is 12.1 Å². The predicted octanol–water partition coefficient (Wildman–Crippen LogP) is 3.74. The van der Waals surface area contributed by atoms with Gasteiger partial charge in [-0.25, -0.2) is 4.79 Å². The Morgan fingerprint density at radius 3 is 2.20 bits per heavy atom. The molecule has 0 radical (unpaired) electrons. The Bertz CT molecular complexity index is 785. The van der Waals surface area contributed by atoms with Gasteiger partial charge in [-0.15, -0.1) is 0 Å². The van der Waals surface area contributed by atoms with Gasteiger partial charge in [-0.2, -0.15) is 0 Å². The topological polar surface area (TPSA) is 84.9 Å². The van der Waals surface area contributed by atoms with E-state index in [0.29, 0.717) is 41.5 Å². The molecule has 0 saturated carbocycles. The minimum Gasteiger partial charge on any atom is -0.490 e. The summed E-state index contributed by atoms with van der Waals surface area (Å²) < 4.78 is 11.0. The van der Waals surface area contributed by atoms with Crippen molar-refractivity contribution in [2.24, 2.45) is 0 Å². The van der Waals surface area contributed by atoms with Crippen LogP contribution in [0.1, 0.15) is 40.1 Å². The lowest BCUT2D eigenvalue weighted by Crippen LogP contribution is -2.13. The van der Waals surface area contributed by atoms with Crippen molar-refractivity contribution >= 4 is 17.6 Å². The number of hydrogen-bond donors (Lipinski definition) is 2. The second kappa shape index (κ2) is 8.19. The van der Waals surface area contributed by atoms with Crippen molar-refractivity contribution in [1.82, 2.24) is 0 Å². The second-order valence-electron chi connectivity index (χ2n) is 5.32. The Kier molecular flexibility index (Phi) is 6.00. The van der Waals surface area contributed by atoms with E-state index in [1.807, 2.05) is 13.8 Å². The molecule has 0 atom stereocenters. The van der Waals surface area contributed by atoms with Crippen molar-refractivity contribution < 1.29 is 24.2 Å². The molecule has 132 valence electrons. The lowest BCUT2D eigenvalue weighted by Gasteiger charge is -2.13. The molecule has 2 aromatic carbocycles. The lowest BCUT2D eigenvalue weighted by atomic mass is 10.1. The van der Waals surface area contributed by atoms with Crippen LogP contribution in [-0.2, 0) is 0 Å². The Balaban J connectivity index is 2.23. The van der Waals surface area contributed by atoms with E-state index in [1.54, 1.807) is 31.2 Å². The number of carbonyl (C=O) groups is 2. The summed E-state index contributed by atoms with van der Waals surface area (Å²) in [5.41, 5.74) is 1.83. The molecule has 1 amide bonds. The maximum atomic E-state index is 12.5. The van der Waals surface area contributed by atoms with Crippen molar-refractivity contribution in [3.63, 3.8) is 0 Å². The number of nitrogens with one attached hydrogen (secondary N) is 1. The molecule has 2 N–H and O–H groups in total. The number of rotatable bonds is 7. The molecule has 6 nitrogen and oxygen atoms in total. The molecule has 0 bridgehead atoms. The molecule has 2 rings (SSSR count). The molecule has 0 saturated heterocycles. The minimum absolute atomic E-state index is 0.176. The lowest BCUT2D eigenvalue weighted by molar-refractivity contribution is 0.0696. The zero-order valence-electron chi connectivity index (χ0n) is 14.5. The number of carboxylic acids is 1. The first-order valence-electron chi connectivity index (χ1n) is 8.01. The molecule has 0 unspecified atom stereocenters. The minimum atomic E-state index is -1.01. The highest BCUT2D eigenvalue weighted by molar-refractivity contribution is 6.05. The average molecular weight is 343 g/mol. The summed E-state index contributed by atoms with van der Waals surface area (Å²) in [5.74, 6) is -0.220. The summed E-state index contributed by atoms with van der Waals surface area (Å²) in [4.78, 5) is 23.5. The van der Waals surface area contributed by atoms with Gasteiger partial charge in [0.25, 0.3) is 5.91 Å². The molecule has 0 aliphatic rings. The molecule has 0 fully saturated rings. The number of aromatic carboxylic acids is 1. The normalized spacial score (nSPS) is 10.2. The highest BCUT2D eigenvalue weighted by Gasteiger charge is 2.13. The number of hydrogen-bond acceptors (Lipinski definition) is 4. The van der Waals surface area contributed by atoms with Crippen LogP contribution < -0.4 is 14.8 Å². The standard InChI is InChI=1S/C19H21NO5/c1-4-24-16-9-7-13(11-17(16)25-5-2)18(21)20-15-8-6-14(19(22)23)10-12(15)3/h6-11H,4-5H2,1-3H3,(H,20,21)(H,22,23). The van der Waals surface area contributed by atoms with E-state index in [-0.39, 0.29) is 11.5 Å². The van der Waals surface area contributed by atoms with Gasteiger partial charge in [0.2, 0.25) is 0 Å². The van der Waals surface area contributed by atoms with Crippen molar-refractivity contribution in [2.75, 3.05) is 18.5 Å². The third-order valence-electron chi connectivity index (χ3n) is 3.53.